The predicted octanol–water partition coefficient (Wildman–Crippen LogP) is 4.01. The minimum atomic E-state index is 0.0551. The number of hydrogen-bond acceptors (Lipinski definition) is 6. The number of nitrogens with zero attached hydrogens (tertiary/aromatic N) is 3. The Labute approximate surface area is 180 Å². The van der Waals surface area contributed by atoms with Gasteiger partial charge >= 0.3 is 0 Å². The first-order chi connectivity index (χ1) is 15.0. The number of aromatic nitrogens is 2. The molecule has 2 aromatic carbocycles. The summed E-state index contributed by atoms with van der Waals surface area (Å²) in [5, 5.41) is 0.678. The van der Waals surface area contributed by atoms with Crippen molar-refractivity contribution in [3.63, 3.8) is 0 Å². The molecule has 1 aliphatic heterocycles. The van der Waals surface area contributed by atoms with E-state index in [-0.39, 0.29) is 5.43 Å². The summed E-state index contributed by atoms with van der Waals surface area (Å²) in [7, 11) is 0. The van der Waals surface area contributed by atoms with Gasteiger partial charge in [0.2, 0.25) is 0 Å². The van der Waals surface area contributed by atoms with E-state index in [1.807, 2.05) is 56.4 Å². The molecular formula is C25H24N4O2. The summed E-state index contributed by atoms with van der Waals surface area (Å²) in [6.07, 6.45) is 4.33. The summed E-state index contributed by atoms with van der Waals surface area (Å²) < 4.78 is 5.81. The van der Waals surface area contributed by atoms with Crippen molar-refractivity contribution in [3.8, 4) is 11.4 Å². The van der Waals surface area contributed by atoms with Crippen LogP contribution in [0.1, 0.15) is 27.9 Å². The summed E-state index contributed by atoms with van der Waals surface area (Å²) in [4.78, 5) is 24.7. The summed E-state index contributed by atoms with van der Waals surface area (Å²) in [5.74, 6) is 0.716. The van der Waals surface area contributed by atoms with E-state index in [0.717, 1.165) is 46.6 Å². The minimum absolute atomic E-state index is 0.0551. The smallest absolute Gasteiger partial charge is 0.197 e. The number of hydrogen-bond donors (Lipinski definition) is 1. The molecule has 4 aromatic rings. The molecule has 31 heavy (non-hydrogen) atoms. The monoisotopic (exact) mass is 412 g/mol. The molecule has 0 unspecified atom stereocenters. The number of aryl methyl sites for hydroxylation is 2. The Balaban J connectivity index is 1.38. The van der Waals surface area contributed by atoms with Gasteiger partial charge in [0.15, 0.2) is 11.3 Å². The third-order valence-electron chi connectivity index (χ3n) is 5.87. The van der Waals surface area contributed by atoms with Crippen molar-refractivity contribution in [2.45, 2.75) is 33.4 Å². The van der Waals surface area contributed by atoms with E-state index in [1.165, 1.54) is 0 Å². The third-order valence-corrected chi connectivity index (χ3v) is 5.87. The molecule has 0 fully saturated rings. The van der Waals surface area contributed by atoms with Crippen LogP contribution in [0.25, 0.3) is 22.4 Å². The van der Waals surface area contributed by atoms with Crippen molar-refractivity contribution >= 4 is 16.7 Å². The lowest BCUT2D eigenvalue weighted by Crippen LogP contribution is -2.32. The van der Waals surface area contributed by atoms with Crippen LogP contribution in [0.3, 0.4) is 0 Å². The Bertz CT molecular complexity index is 1340. The Morgan fingerprint density at radius 2 is 1.97 bits per heavy atom. The number of fused-ring (bicyclic) bond motifs is 2. The van der Waals surface area contributed by atoms with E-state index < -0.39 is 0 Å². The first kappa shape index (κ1) is 19.5. The highest BCUT2D eigenvalue weighted by molar-refractivity contribution is 5.81. The molecule has 6 nitrogen and oxygen atoms in total. The van der Waals surface area contributed by atoms with Crippen molar-refractivity contribution < 1.29 is 4.42 Å². The lowest BCUT2D eigenvalue weighted by molar-refractivity contribution is 0.240. The van der Waals surface area contributed by atoms with Gasteiger partial charge in [0.25, 0.3) is 0 Å². The van der Waals surface area contributed by atoms with Gasteiger partial charge in [-0.15, -0.1) is 0 Å². The van der Waals surface area contributed by atoms with E-state index in [2.05, 4.69) is 9.88 Å². The summed E-state index contributed by atoms with van der Waals surface area (Å²) in [6.45, 7) is 6.05. The molecule has 1 aliphatic rings. The zero-order chi connectivity index (χ0) is 21.5. The first-order valence-electron chi connectivity index (χ1n) is 10.4. The molecule has 2 aromatic heterocycles. The first-order valence-corrected chi connectivity index (χ1v) is 10.4. The number of anilines is 1. The Morgan fingerprint density at radius 3 is 2.77 bits per heavy atom. The molecule has 2 N–H and O–H groups in total. The van der Waals surface area contributed by atoms with E-state index in [9.17, 15) is 4.79 Å². The van der Waals surface area contributed by atoms with Gasteiger partial charge in [-0.05, 0) is 55.3 Å². The Kier molecular flexibility index (Phi) is 4.79. The van der Waals surface area contributed by atoms with Crippen molar-refractivity contribution in [2.24, 2.45) is 0 Å². The molecule has 0 bridgehead atoms. The SMILES string of the molecule is Cc1cc(C)c2c(=O)c(CN3CCc4nc(-c5ccc(N)cc5)ncc4C3)coc2c1. The zero-order valence-corrected chi connectivity index (χ0v) is 17.7. The number of benzene rings is 2. The van der Waals surface area contributed by atoms with Crippen LogP contribution in [0.5, 0.6) is 0 Å². The highest BCUT2D eigenvalue weighted by atomic mass is 16.3. The lowest BCUT2D eigenvalue weighted by Gasteiger charge is -2.27. The van der Waals surface area contributed by atoms with Crippen LogP contribution in [-0.4, -0.2) is 21.4 Å². The van der Waals surface area contributed by atoms with Crippen LogP contribution >= 0.6 is 0 Å². The standard InChI is InChI=1S/C25H24N4O2/c1-15-9-16(2)23-22(10-15)31-14-19(24(23)30)13-29-8-7-21-18(12-29)11-27-25(28-21)17-3-5-20(26)6-4-17/h3-6,9-11,14H,7-8,12-13,26H2,1-2H3. The van der Waals surface area contributed by atoms with Gasteiger partial charge in [-0.3, -0.25) is 9.69 Å². The molecule has 0 amide bonds. The maximum Gasteiger partial charge on any atom is 0.197 e. The minimum Gasteiger partial charge on any atom is -0.464 e. The zero-order valence-electron chi connectivity index (χ0n) is 17.7. The van der Waals surface area contributed by atoms with E-state index in [1.54, 1.807) is 6.26 Å². The quantitative estimate of drug-likeness (QED) is 0.512. The average molecular weight is 412 g/mol. The van der Waals surface area contributed by atoms with Gasteiger partial charge < -0.3 is 10.2 Å². The van der Waals surface area contributed by atoms with Crippen LogP contribution < -0.4 is 11.2 Å². The van der Waals surface area contributed by atoms with Crippen LogP contribution in [0.2, 0.25) is 0 Å². The van der Waals surface area contributed by atoms with Crippen molar-refractivity contribution in [1.29, 1.82) is 0 Å². The molecule has 156 valence electrons. The molecule has 3 heterocycles. The fourth-order valence-corrected chi connectivity index (χ4v) is 4.29. The fraction of sp³-hybridized carbons (Fsp3) is 0.240. The maximum atomic E-state index is 13.1. The van der Waals surface area contributed by atoms with Gasteiger partial charge in [-0.25, -0.2) is 9.97 Å². The highest BCUT2D eigenvalue weighted by Crippen LogP contribution is 2.23. The van der Waals surface area contributed by atoms with E-state index in [4.69, 9.17) is 15.1 Å². The van der Waals surface area contributed by atoms with Gasteiger partial charge in [0.05, 0.1) is 17.3 Å². The molecule has 0 saturated heterocycles. The summed E-state index contributed by atoms with van der Waals surface area (Å²) in [5.41, 5.74) is 13.1. The second kappa shape index (κ2) is 7.63. The van der Waals surface area contributed by atoms with Crippen molar-refractivity contribution in [1.82, 2.24) is 14.9 Å². The second-order valence-electron chi connectivity index (χ2n) is 8.29. The largest absolute Gasteiger partial charge is 0.464 e. The van der Waals surface area contributed by atoms with E-state index in [0.29, 0.717) is 35.4 Å². The van der Waals surface area contributed by atoms with Crippen LogP contribution in [-0.2, 0) is 19.5 Å². The lowest BCUT2D eigenvalue weighted by atomic mass is 10.0. The molecule has 0 spiro atoms. The van der Waals surface area contributed by atoms with Gasteiger partial charge in [-0.2, -0.15) is 0 Å². The van der Waals surface area contributed by atoms with Gasteiger partial charge in [0.1, 0.15) is 5.58 Å². The summed E-state index contributed by atoms with van der Waals surface area (Å²) in [6, 6.07) is 11.5. The van der Waals surface area contributed by atoms with Crippen molar-refractivity contribution in [3.05, 3.63) is 87.0 Å². The molecule has 0 atom stereocenters. The number of nitrogen functional groups attached to an aromatic ring is 1. The summed E-state index contributed by atoms with van der Waals surface area (Å²) >= 11 is 0. The van der Waals surface area contributed by atoms with Gasteiger partial charge in [0, 0.05) is 54.6 Å². The second-order valence-corrected chi connectivity index (χ2v) is 8.29. The van der Waals surface area contributed by atoms with Crippen molar-refractivity contribution in [2.75, 3.05) is 12.3 Å². The van der Waals surface area contributed by atoms with Crippen LogP contribution in [0.4, 0.5) is 5.69 Å². The normalized spacial score (nSPS) is 14.0. The molecule has 6 heteroatoms. The molecular weight excluding hydrogens is 388 g/mol. The molecule has 0 radical (unpaired) electrons. The topological polar surface area (TPSA) is 85.2 Å². The molecule has 0 saturated carbocycles. The van der Waals surface area contributed by atoms with Crippen LogP contribution in [0, 0.1) is 13.8 Å². The maximum absolute atomic E-state index is 13.1. The molecule has 5 rings (SSSR count). The van der Waals surface area contributed by atoms with Crippen LogP contribution in [0.15, 0.2) is 58.1 Å². The van der Waals surface area contributed by atoms with E-state index >= 15 is 0 Å². The Hall–Kier alpha value is -3.51. The highest BCUT2D eigenvalue weighted by Gasteiger charge is 2.21. The third kappa shape index (κ3) is 3.70. The molecule has 0 aliphatic carbocycles. The predicted molar refractivity (Wildman–Crippen MR) is 122 cm³/mol. The number of nitrogens with two attached hydrogens (primary N) is 1. The average Bonchev–Trinajstić information content (AvgIpc) is 2.75. The Morgan fingerprint density at radius 1 is 1.16 bits per heavy atom. The van der Waals surface area contributed by atoms with Gasteiger partial charge in [-0.1, -0.05) is 6.07 Å². The fourth-order valence-electron chi connectivity index (χ4n) is 4.29. The number of rotatable bonds is 3.